The van der Waals surface area contributed by atoms with E-state index in [1.54, 1.807) is 18.6 Å². The molecule has 5 nitrogen and oxygen atoms in total. The van der Waals surface area contributed by atoms with E-state index >= 15 is 0 Å². The molecule has 0 aliphatic rings. The zero-order valence-electron chi connectivity index (χ0n) is 9.43. The standard InChI is InChI=1S/C11H15N3O2/c1-3-5-12-8(2)10-13-14-11(16-10)9-4-6-15-7-9/h4,6-8,12H,3,5H2,1-2H3. The molecule has 0 bridgehead atoms. The smallest absolute Gasteiger partial charge is 0.251 e. The number of rotatable bonds is 5. The summed E-state index contributed by atoms with van der Waals surface area (Å²) in [6.45, 7) is 5.05. The maximum atomic E-state index is 5.54. The minimum Gasteiger partial charge on any atom is -0.472 e. The van der Waals surface area contributed by atoms with Gasteiger partial charge in [-0.2, -0.15) is 0 Å². The van der Waals surface area contributed by atoms with Crippen LogP contribution in [0.3, 0.4) is 0 Å². The van der Waals surface area contributed by atoms with Crippen molar-refractivity contribution in [2.24, 2.45) is 0 Å². The maximum Gasteiger partial charge on any atom is 0.251 e. The fourth-order valence-electron chi connectivity index (χ4n) is 1.36. The van der Waals surface area contributed by atoms with E-state index in [1.807, 2.05) is 6.92 Å². The third-order valence-corrected chi connectivity index (χ3v) is 2.28. The lowest BCUT2D eigenvalue weighted by atomic mass is 10.3. The minimum atomic E-state index is 0.0769. The summed E-state index contributed by atoms with van der Waals surface area (Å²) in [6.07, 6.45) is 4.24. The van der Waals surface area contributed by atoms with Crippen molar-refractivity contribution in [3.63, 3.8) is 0 Å². The third-order valence-electron chi connectivity index (χ3n) is 2.28. The predicted molar refractivity (Wildman–Crippen MR) is 58.7 cm³/mol. The second kappa shape index (κ2) is 4.94. The molecule has 1 atom stereocenters. The van der Waals surface area contributed by atoms with E-state index in [4.69, 9.17) is 8.83 Å². The number of nitrogens with zero attached hydrogens (tertiary/aromatic N) is 2. The van der Waals surface area contributed by atoms with Crippen molar-refractivity contribution >= 4 is 0 Å². The lowest BCUT2D eigenvalue weighted by molar-refractivity contribution is 0.423. The van der Waals surface area contributed by atoms with E-state index in [2.05, 4.69) is 22.4 Å². The highest BCUT2D eigenvalue weighted by Gasteiger charge is 2.14. The summed E-state index contributed by atoms with van der Waals surface area (Å²) in [5.41, 5.74) is 0.807. The molecular formula is C11H15N3O2. The highest BCUT2D eigenvalue weighted by atomic mass is 16.4. The molecule has 16 heavy (non-hydrogen) atoms. The first-order valence-corrected chi connectivity index (χ1v) is 5.40. The molecule has 2 aromatic heterocycles. The molecule has 0 aliphatic carbocycles. The molecule has 0 fully saturated rings. The molecule has 2 aromatic rings. The van der Waals surface area contributed by atoms with Gasteiger partial charge < -0.3 is 14.2 Å². The summed E-state index contributed by atoms with van der Waals surface area (Å²) >= 11 is 0. The lowest BCUT2D eigenvalue weighted by Gasteiger charge is -2.07. The SMILES string of the molecule is CCCNC(C)c1nnc(-c2ccoc2)o1. The molecule has 0 spiro atoms. The third kappa shape index (κ3) is 2.30. The zero-order chi connectivity index (χ0) is 11.4. The summed E-state index contributed by atoms with van der Waals surface area (Å²) in [5, 5.41) is 11.3. The van der Waals surface area contributed by atoms with E-state index in [0.717, 1.165) is 18.5 Å². The summed E-state index contributed by atoms with van der Waals surface area (Å²) in [7, 11) is 0. The molecule has 0 radical (unpaired) electrons. The molecule has 2 heterocycles. The van der Waals surface area contributed by atoms with Crippen LogP contribution in [-0.4, -0.2) is 16.7 Å². The first-order valence-electron chi connectivity index (χ1n) is 5.40. The molecule has 2 rings (SSSR count). The van der Waals surface area contributed by atoms with Gasteiger partial charge in [0.05, 0.1) is 17.9 Å². The number of hydrogen-bond acceptors (Lipinski definition) is 5. The summed E-state index contributed by atoms with van der Waals surface area (Å²) in [6, 6.07) is 1.87. The van der Waals surface area contributed by atoms with Crippen LogP contribution in [0.5, 0.6) is 0 Å². The first kappa shape index (κ1) is 10.9. The molecule has 0 saturated heterocycles. The molecule has 0 aromatic carbocycles. The molecule has 0 amide bonds. The van der Waals surface area contributed by atoms with Gasteiger partial charge in [0.1, 0.15) is 6.26 Å². The van der Waals surface area contributed by atoms with Crippen LogP contribution in [0.1, 0.15) is 32.2 Å². The first-order chi connectivity index (χ1) is 7.81. The quantitative estimate of drug-likeness (QED) is 0.839. The largest absolute Gasteiger partial charge is 0.472 e. The van der Waals surface area contributed by atoms with Crippen LogP contribution in [-0.2, 0) is 0 Å². The van der Waals surface area contributed by atoms with Crippen LogP contribution < -0.4 is 5.32 Å². The van der Waals surface area contributed by atoms with Gasteiger partial charge in [-0.3, -0.25) is 0 Å². The Kier molecular flexibility index (Phi) is 3.36. The van der Waals surface area contributed by atoms with Crippen LogP contribution >= 0.6 is 0 Å². The normalized spacial score (nSPS) is 12.9. The molecule has 1 N–H and O–H groups in total. The summed E-state index contributed by atoms with van der Waals surface area (Å²) in [5.74, 6) is 1.10. The van der Waals surface area contributed by atoms with Crippen LogP contribution in [0.15, 0.2) is 27.4 Å². The van der Waals surface area contributed by atoms with E-state index < -0.39 is 0 Å². The Hall–Kier alpha value is -1.62. The van der Waals surface area contributed by atoms with Gasteiger partial charge in [0.15, 0.2) is 0 Å². The van der Waals surface area contributed by atoms with Crippen LogP contribution in [0, 0.1) is 0 Å². The van der Waals surface area contributed by atoms with Crippen molar-refractivity contribution in [2.45, 2.75) is 26.3 Å². The van der Waals surface area contributed by atoms with Crippen LogP contribution in [0.25, 0.3) is 11.5 Å². The van der Waals surface area contributed by atoms with E-state index in [1.165, 1.54) is 0 Å². The van der Waals surface area contributed by atoms with Gasteiger partial charge in [0.25, 0.3) is 5.89 Å². The molecular weight excluding hydrogens is 206 g/mol. The van der Waals surface area contributed by atoms with Crippen molar-refractivity contribution < 1.29 is 8.83 Å². The van der Waals surface area contributed by atoms with Crippen LogP contribution in [0.4, 0.5) is 0 Å². The monoisotopic (exact) mass is 221 g/mol. The Balaban J connectivity index is 2.07. The predicted octanol–water partition coefficient (Wildman–Crippen LogP) is 2.39. The van der Waals surface area contributed by atoms with Crippen molar-refractivity contribution in [1.82, 2.24) is 15.5 Å². The molecule has 1 unspecified atom stereocenters. The van der Waals surface area contributed by atoms with Gasteiger partial charge in [-0.25, -0.2) is 0 Å². The second-order valence-corrected chi connectivity index (χ2v) is 3.63. The molecule has 0 aliphatic heterocycles. The van der Waals surface area contributed by atoms with E-state index in [0.29, 0.717) is 11.8 Å². The topological polar surface area (TPSA) is 64.1 Å². The van der Waals surface area contributed by atoms with Gasteiger partial charge in [-0.15, -0.1) is 10.2 Å². The number of hydrogen-bond donors (Lipinski definition) is 1. The van der Waals surface area contributed by atoms with Gasteiger partial charge in [0.2, 0.25) is 5.89 Å². The minimum absolute atomic E-state index is 0.0769. The number of nitrogens with one attached hydrogen (secondary N) is 1. The zero-order valence-corrected chi connectivity index (χ0v) is 9.43. The average molecular weight is 221 g/mol. The Morgan fingerprint density at radius 1 is 1.44 bits per heavy atom. The fraction of sp³-hybridized carbons (Fsp3) is 0.455. The highest BCUT2D eigenvalue weighted by Crippen LogP contribution is 2.20. The van der Waals surface area contributed by atoms with Gasteiger partial charge in [-0.1, -0.05) is 6.92 Å². The Morgan fingerprint density at radius 2 is 2.31 bits per heavy atom. The fourth-order valence-corrected chi connectivity index (χ4v) is 1.36. The van der Waals surface area contributed by atoms with Crippen molar-refractivity contribution in [1.29, 1.82) is 0 Å². The van der Waals surface area contributed by atoms with E-state index in [9.17, 15) is 0 Å². The van der Waals surface area contributed by atoms with E-state index in [-0.39, 0.29) is 6.04 Å². The van der Waals surface area contributed by atoms with Crippen molar-refractivity contribution in [2.75, 3.05) is 6.54 Å². The summed E-state index contributed by atoms with van der Waals surface area (Å²) in [4.78, 5) is 0. The van der Waals surface area contributed by atoms with Crippen molar-refractivity contribution in [3.8, 4) is 11.5 Å². The van der Waals surface area contributed by atoms with Gasteiger partial charge in [-0.05, 0) is 26.0 Å². The number of furan rings is 1. The van der Waals surface area contributed by atoms with Crippen molar-refractivity contribution in [3.05, 3.63) is 24.5 Å². The molecule has 0 saturated carbocycles. The molecule has 5 heteroatoms. The van der Waals surface area contributed by atoms with Gasteiger partial charge >= 0.3 is 0 Å². The average Bonchev–Trinajstić information content (AvgIpc) is 2.94. The Labute approximate surface area is 93.9 Å². The Bertz CT molecular complexity index is 422. The number of aromatic nitrogens is 2. The summed E-state index contributed by atoms with van der Waals surface area (Å²) < 4.78 is 10.5. The van der Waals surface area contributed by atoms with Gasteiger partial charge in [0, 0.05) is 0 Å². The Morgan fingerprint density at radius 3 is 3.00 bits per heavy atom. The maximum absolute atomic E-state index is 5.54. The molecule has 86 valence electrons. The van der Waals surface area contributed by atoms with Crippen LogP contribution in [0.2, 0.25) is 0 Å². The second-order valence-electron chi connectivity index (χ2n) is 3.63. The lowest BCUT2D eigenvalue weighted by Crippen LogP contribution is -2.19. The highest BCUT2D eigenvalue weighted by molar-refractivity contribution is 5.49.